The fraction of sp³-hybridized carbons (Fsp3) is 0.500. The summed E-state index contributed by atoms with van der Waals surface area (Å²) in [7, 11) is 1.80. The van der Waals surface area contributed by atoms with Gasteiger partial charge in [0.05, 0.1) is 6.04 Å². The lowest BCUT2D eigenvalue weighted by atomic mass is 9.86. The number of rotatable bonds is 3. The predicted octanol–water partition coefficient (Wildman–Crippen LogP) is 3.79. The molecule has 1 aliphatic heterocycles. The van der Waals surface area contributed by atoms with E-state index in [9.17, 15) is 0 Å². The number of nitrogens with zero attached hydrogens (tertiary/aromatic N) is 1. The second-order valence-electron chi connectivity index (χ2n) is 6.17. The van der Waals surface area contributed by atoms with E-state index in [-0.39, 0.29) is 35.6 Å². The summed E-state index contributed by atoms with van der Waals surface area (Å²) >= 11 is 0. The van der Waals surface area contributed by atoms with Crippen molar-refractivity contribution < 1.29 is 4.74 Å². The summed E-state index contributed by atoms with van der Waals surface area (Å²) in [6.45, 7) is 4.45. The Bertz CT molecular complexity index is 567. The first-order chi connectivity index (χ1) is 10.8. The molecule has 1 saturated carbocycles. The van der Waals surface area contributed by atoms with Crippen LogP contribution in [0.15, 0.2) is 41.9 Å². The van der Waals surface area contributed by atoms with Crippen LogP contribution < -0.4 is 15.4 Å². The number of fused-ring (bicyclic) bond motifs is 1. The molecule has 1 unspecified atom stereocenters. The van der Waals surface area contributed by atoms with E-state index in [0.29, 0.717) is 6.54 Å². The zero-order chi connectivity index (χ0) is 15.4. The van der Waals surface area contributed by atoms with Crippen molar-refractivity contribution in [3.05, 3.63) is 42.5 Å². The minimum atomic E-state index is 0. The number of para-hydroxylation sites is 1. The molecule has 1 aliphatic carbocycles. The molecule has 1 aromatic carbocycles. The van der Waals surface area contributed by atoms with Crippen LogP contribution in [0.3, 0.4) is 0 Å². The van der Waals surface area contributed by atoms with Gasteiger partial charge in [0.2, 0.25) is 0 Å². The first kappa shape index (κ1) is 18.1. The number of ether oxygens (including phenoxy) is 1. The maximum Gasteiger partial charge on any atom is 0.191 e. The zero-order valence-electron chi connectivity index (χ0n) is 13.7. The lowest BCUT2D eigenvalue weighted by Gasteiger charge is -2.40. The van der Waals surface area contributed by atoms with E-state index in [1.54, 1.807) is 7.05 Å². The van der Waals surface area contributed by atoms with Gasteiger partial charge >= 0.3 is 0 Å². The van der Waals surface area contributed by atoms with Crippen molar-refractivity contribution in [3.8, 4) is 5.75 Å². The monoisotopic (exact) mass is 427 g/mol. The van der Waals surface area contributed by atoms with Crippen LogP contribution in [0.4, 0.5) is 0 Å². The Morgan fingerprint density at radius 2 is 2.13 bits per heavy atom. The molecule has 4 nitrogen and oxygen atoms in total. The summed E-state index contributed by atoms with van der Waals surface area (Å²) in [6.07, 6.45) is 7.66. The summed E-state index contributed by atoms with van der Waals surface area (Å²) in [5.41, 5.74) is 1.23. The number of aliphatic imine (C=N–C) groups is 1. The number of hydrogen-bond acceptors (Lipinski definition) is 2. The molecule has 1 heterocycles. The van der Waals surface area contributed by atoms with E-state index in [1.807, 2.05) is 6.08 Å². The highest BCUT2D eigenvalue weighted by Gasteiger charge is 2.43. The van der Waals surface area contributed by atoms with Crippen molar-refractivity contribution in [1.29, 1.82) is 0 Å². The Labute approximate surface area is 155 Å². The van der Waals surface area contributed by atoms with Crippen LogP contribution in [0.1, 0.15) is 43.7 Å². The molecule has 23 heavy (non-hydrogen) atoms. The Kier molecular flexibility index (Phi) is 6.33. The van der Waals surface area contributed by atoms with Gasteiger partial charge in [0.1, 0.15) is 11.4 Å². The Hall–Kier alpha value is -1.24. The molecule has 2 N–H and O–H groups in total. The van der Waals surface area contributed by atoms with Crippen LogP contribution in [-0.4, -0.2) is 25.2 Å². The van der Waals surface area contributed by atoms with Gasteiger partial charge in [0.25, 0.3) is 0 Å². The van der Waals surface area contributed by atoms with Crippen molar-refractivity contribution in [3.63, 3.8) is 0 Å². The molecule has 1 aromatic rings. The van der Waals surface area contributed by atoms with E-state index < -0.39 is 0 Å². The summed E-state index contributed by atoms with van der Waals surface area (Å²) in [6, 6.07) is 8.59. The number of benzene rings is 1. The average Bonchev–Trinajstić information content (AvgIpc) is 2.98. The third-order valence-corrected chi connectivity index (χ3v) is 4.66. The second-order valence-corrected chi connectivity index (χ2v) is 6.17. The van der Waals surface area contributed by atoms with Crippen molar-refractivity contribution in [2.45, 2.75) is 43.7 Å². The molecule has 3 rings (SSSR count). The molecule has 0 amide bonds. The predicted molar refractivity (Wildman–Crippen MR) is 106 cm³/mol. The maximum atomic E-state index is 6.39. The quantitative estimate of drug-likeness (QED) is 0.334. The number of nitrogens with one attached hydrogen (secondary N) is 2. The highest BCUT2D eigenvalue weighted by Crippen LogP contribution is 2.46. The van der Waals surface area contributed by atoms with Gasteiger partial charge in [0, 0.05) is 25.6 Å². The summed E-state index contributed by atoms with van der Waals surface area (Å²) in [4.78, 5) is 4.31. The van der Waals surface area contributed by atoms with Crippen LogP contribution in [0.2, 0.25) is 0 Å². The van der Waals surface area contributed by atoms with E-state index in [1.165, 1.54) is 18.4 Å². The van der Waals surface area contributed by atoms with Crippen molar-refractivity contribution in [2.75, 3.05) is 13.6 Å². The lowest BCUT2D eigenvalue weighted by molar-refractivity contribution is 0.0396. The second kappa shape index (κ2) is 8.04. The third-order valence-electron chi connectivity index (χ3n) is 4.66. The van der Waals surface area contributed by atoms with Gasteiger partial charge in [0.15, 0.2) is 5.96 Å². The molecule has 0 aromatic heterocycles. The van der Waals surface area contributed by atoms with Crippen molar-refractivity contribution >= 4 is 29.9 Å². The minimum absolute atomic E-state index is 0. The largest absolute Gasteiger partial charge is 0.487 e. The smallest absolute Gasteiger partial charge is 0.191 e. The highest BCUT2D eigenvalue weighted by molar-refractivity contribution is 14.0. The van der Waals surface area contributed by atoms with Gasteiger partial charge in [-0.3, -0.25) is 4.99 Å². The molecule has 1 atom stereocenters. The first-order valence-electron chi connectivity index (χ1n) is 8.12. The van der Waals surface area contributed by atoms with Crippen LogP contribution in [0.25, 0.3) is 0 Å². The molecule has 1 fully saturated rings. The Balaban J connectivity index is 0.00000192. The SMILES string of the molecule is C=CCNC(=NC)NC1CC2(CCCC2)Oc2ccccc21.I. The van der Waals surface area contributed by atoms with E-state index in [0.717, 1.165) is 31.0 Å². The molecule has 0 bridgehead atoms. The van der Waals surface area contributed by atoms with Crippen molar-refractivity contribution in [2.24, 2.45) is 4.99 Å². The first-order valence-corrected chi connectivity index (χ1v) is 8.12. The van der Waals surface area contributed by atoms with Crippen LogP contribution in [0.5, 0.6) is 5.75 Å². The topological polar surface area (TPSA) is 45.7 Å². The molecule has 1 spiro atoms. The molecular formula is C18H26IN3O. The zero-order valence-corrected chi connectivity index (χ0v) is 16.0. The molecule has 5 heteroatoms. The van der Waals surface area contributed by atoms with E-state index in [2.05, 4.69) is 46.5 Å². The number of guanidine groups is 1. The summed E-state index contributed by atoms with van der Waals surface area (Å²) in [5.74, 6) is 1.84. The van der Waals surface area contributed by atoms with Gasteiger partial charge in [-0.15, -0.1) is 30.6 Å². The number of hydrogen-bond donors (Lipinski definition) is 2. The minimum Gasteiger partial charge on any atom is -0.487 e. The van der Waals surface area contributed by atoms with Crippen LogP contribution in [-0.2, 0) is 0 Å². The Morgan fingerprint density at radius 3 is 2.83 bits per heavy atom. The van der Waals surface area contributed by atoms with Crippen molar-refractivity contribution in [1.82, 2.24) is 10.6 Å². The molecular weight excluding hydrogens is 401 g/mol. The van der Waals surface area contributed by atoms with Gasteiger partial charge in [-0.25, -0.2) is 0 Å². The standard InChI is InChI=1S/C18H25N3O.HI/c1-3-12-20-17(19-2)21-15-13-18(10-6-7-11-18)22-16-9-5-4-8-14(15)16;/h3-5,8-9,15H,1,6-7,10-13H2,2H3,(H2,19,20,21);1H. The fourth-order valence-corrected chi connectivity index (χ4v) is 3.60. The highest BCUT2D eigenvalue weighted by atomic mass is 127. The van der Waals surface area contributed by atoms with Crippen LogP contribution in [0, 0.1) is 0 Å². The van der Waals surface area contributed by atoms with Gasteiger partial charge < -0.3 is 15.4 Å². The third kappa shape index (κ3) is 4.00. The lowest BCUT2D eigenvalue weighted by Crippen LogP contribution is -2.46. The van der Waals surface area contributed by atoms with Gasteiger partial charge in [-0.2, -0.15) is 0 Å². The molecule has 2 aliphatic rings. The van der Waals surface area contributed by atoms with E-state index in [4.69, 9.17) is 4.74 Å². The maximum absolute atomic E-state index is 6.39. The normalized spacial score (nSPS) is 21.8. The van der Waals surface area contributed by atoms with Gasteiger partial charge in [-0.1, -0.05) is 24.3 Å². The molecule has 126 valence electrons. The molecule has 0 saturated heterocycles. The Morgan fingerprint density at radius 1 is 1.39 bits per heavy atom. The molecule has 0 radical (unpaired) electrons. The van der Waals surface area contributed by atoms with Crippen LogP contribution >= 0.6 is 24.0 Å². The summed E-state index contributed by atoms with van der Waals surface area (Å²) in [5, 5.41) is 6.82. The van der Waals surface area contributed by atoms with E-state index >= 15 is 0 Å². The average molecular weight is 427 g/mol. The summed E-state index contributed by atoms with van der Waals surface area (Å²) < 4.78 is 6.39. The van der Waals surface area contributed by atoms with Gasteiger partial charge in [-0.05, 0) is 31.7 Å². The number of halogens is 1. The fourth-order valence-electron chi connectivity index (χ4n) is 3.60.